The summed E-state index contributed by atoms with van der Waals surface area (Å²) in [5, 5.41) is 23.4. The smallest absolute Gasteiger partial charge is 0.170 e. The molecule has 108 valence electrons. The van der Waals surface area contributed by atoms with E-state index in [0.29, 0.717) is 22.6 Å². The Balaban J connectivity index is 2.42. The van der Waals surface area contributed by atoms with Gasteiger partial charge in [0.05, 0.1) is 0 Å². The fourth-order valence-corrected chi connectivity index (χ4v) is 1.75. The van der Waals surface area contributed by atoms with Gasteiger partial charge >= 0.3 is 0 Å². The first-order valence-corrected chi connectivity index (χ1v) is 5.98. The summed E-state index contributed by atoms with van der Waals surface area (Å²) in [7, 11) is 0. The van der Waals surface area contributed by atoms with Crippen LogP contribution in [0.2, 0.25) is 0 Å². The Labute approximate surface area is 120 Å². The third kappa shape index (κ3) is 3.21. The number of rotatable bonds is 4. The second kappa shape index (κ2) is 6.29. The monoisotopic (exact) mass is 286 g/mol. The average molecular weight is 286 g/mol. The summed E-state index contributed by atoms with van der Waals surface area (Å²) in [6.07, 6.45) is 0. The molecule has 0 aromatic heterocycles. The van der Waals surface area contributed by atoms with Crippen molar-refractivity contribution in [1.29, 1.82) is 0 Å². The van der Waals surface area contributed by atoms with Crippen LogP contribution in [0.15, 0.2) is 58.8 Å². The van der Waals surface area contributed by atoms with E-state index in [2.05, 4.69) is 10.3 Å². The molecule has 0 unspecified atom stereocenters. The van der Waals surface area contributed by atoms with Crippen LogP contribution in [0.25, 0.3) is 0 Å². The van der Waals surface area contributed by atoms with Gasteiger partial charge in [0, 0.05) is 11.1 Å². The Morgan fingerprint density at radius 2 is 1.43 bits per heavy atom. The Morgan fingerprint density at radius 1 is 0.810 bits per heavy atom. The van der Waals surface area contributed by atoms with Gasteiger partial charge in [0.25, 0.3) is 0 Å². The number of para-hydroxylation sites is 1. The Hall–Kier alpha value is -3.22. The van der Waals surface area contributed by atoms with Crippen molar-refractivity contribution in [2.45, 2.75) is 0 Å². The normalized spacial score (nSPS) is 12.2. The van der Waals surface area contributed by atoms with Crippen molar-refractivity contribution < 1.29 is 15.2 Å². The zero-order chi connectivity index (χ0) is 15.2. The topological polar surface area (TPSA) is 126 Å². The standard InChI is InChI=1S/C14H14N4O3/c15-13(17-19)11-7-6-10(8-12(11)14(16)18-20)21-9-4-2-1-3-5-9/h1-8,19-20H,(H2,15,17)(H2,16,18). The lowest BCUT2D eigenvalue weighted by molar-refractivity contribution is 0.317. The second-order valence-corrected chi connectivity index (χ2v) is 4.09. The van der Waals surface area contributed by atoms with Gasteiger partial charge in [0.1, 0.15) is 11.5 Å². The van der Waals surface area contributed by atoms with Crippen molar-refractivity contribution in [1.82, 2.24) is 0 Å². The molecule has 0 atom stereocenters. The number of hydrogen-bond acceptors (Lipinski definition) is 5. The van der Waals surface area contributed by atoms with Crippen LogP contribution in [0.1, 0.15) is 11.1 Å². The first kappa shape index (κ1) is 14.2. The van der Waals surface area contributed by atoms with Gasteiger partial charge in [-0.1, -0.05) is 28.5 Å². The summed E-state index contributed by atoms with van der Waals surface area (Å²) in [4.78, 5) is 0. The van der Waals surface area contributed by atoms with Crippen LogP contribution in [0.4, 0.5) is 0 Å². The summed E-state index contributed by atoms with van der Waals surface area (Å²) < 4.78 is 5.65. The number of oxime groups is 2. The van der Waals surface area contributed by atoms with E-state index in [1.807, 2.05) is 18.2 Å². The lowest BCUT2D eigenvalue weighted by Crippen LogP contribution is -2.22. The molecule has 0 aliphatic rings. The maximum Gasteiger partial charge on any atom is 0.170 e. The summed E-state index contributed by atoms with van der Waals surface area (Å²) >= 11 is 0. The van der Waals surface area contributed by atoms with Crippen LogP contribution >= 0.6 is 0 Å². The summed E-state index contributed by atoms with van der Waals surface area (Å²) in [5.74, 6) is 0.787. The van der Waals surface area contributed by atoms with Gasteiger partial charge in [-0.3, -0.25) is 0 Å². The molecule has 6 N–H and O–H groups in total. The van der Waals surface area contributed by atoms with Crippen LogP contribution in [-0.2, 0) is 0 Å². The van der Waals surface area contributed by atoms with Crippen molar-refractivity contribution in [3.63, 3.8) is 0 Å². The molecule has 7 nitrogen and oxygen atoms in total. The van der Waals surface area contributed by atoms with E-state index >= 15 is 0 Å². The quantitative estimate of drug-likeness (QED) is 0.294. The molecule has 7 heteroatoms. The molecular formula is C14H14N4O3. The predicted molar refractivity (Wildman–Crippen MR) is 78.0 cm³/mol. The van der Waals surface area contributed by atoms with Gasteiger partial charge in [-0.05, 0) is 30.3 Å². The van der Waals surface area contributed by atoms with E-state index in [1.165, 1.54) is 6.07 Å². The van der Waals surface area contributed by atoms with E-state index in [4.69, 9.17) is 26.6 Å². The minimum absolute atomic E-state index is 0.150. The molecule has 2 aromatic rings. The molecule has 0 bridgehead atoms. The highest BCUT2D eigenvalue weighted by Gasteiger charge is 2.13. The second-order valence-electron chi connectivity index (χ2n) is 4.09. The highest BCUT2D eigenvalue weighted by atomic mass is 16.5. The summed E-state index contributed by atoms with van der Waals surface area (Å²) in [6.45, 7) is 0. The molecule has 0 heterocycles. The zero-order valence-electron chi connectivity index (χ0n) is 11.0. The maximum atomic E-state index is 8.83. The third-order valence-corrected chi connectivity index (χ3v) is 2.74. The van der Waals surface area contributed by atoms with Gasteiger partial charge in [0.15, 0.2) is 11.7 Å². The fourth-order valence-electron chi connectivity index (χ4n) is 1.75. The van der Waals surface area contributed by atoms with Crippen molar-refractivity contribution in [3.8, 4) is 11.5 Å². The van der Waals surface area contributed by atoms with Gasteiger partial charge in [-0.15, -0.1) is 0 Å². The van der Waals surface area contributed by atoms with Crippen LogP contribution in [0, 0.1) is 0 Å². The summed E-state index contributed by atoms with van der Waals surface area (Å²) in [5.41, 5.74) is 11.8. The van der Waals surface area contributed by atoms with E-state index in [0.717, 1.165) is 0 Å². The number of ether oxygens (including phenoxy) is 1. The molecule has 2 rings (SSSR count). The van der Waals surface area contributed by atoms with Gasteiger partial charge in [0.2, 0.25) is 0 Å². The van der Waals surface area contributed by atoms with Crippen LogP contribution in [-0.4, -0.2) is 22.1 Å². The highest BCUT2D eigenvalue weighted by molar-refractivity contribution is 6.10. The molecule has 2 aromatic carbocycles. The Morgan fingerprint density at radius 3 is 2.05 bits per heavy atom. The van der Waals surface area contributed by atoms with Crippen molar-refractivity contribution in [3.05, 3.63) is 59.7 Å². The van der Waals surface area contributed by atoms with E-state index in [-0.39, 0.29) is 11.7 Å². The van der Waals surface area contributed by atoms with E-state index in [1.54, 1.807) is 24.3 Å². The van der Waals surface area contributed by atoms with Gasteiger partial charge in [-0.25, -0.2) is 0 Å². The number of benzene rings is 2. The van der Waals surface area contributed by atoms with E-state index in [9.17, 15) is 0 Å². The number of nitrogens with zero attached hydrogens (tertiary/aromatic N) is 2. The van der Waals surface area contributed by atoms with Gasteiger partial charge in [-0.2, -0.15) is 0 Å². The van der Waals surface area contributed by atoms with Crippen LogP contribution in [0.5, 0.6) is 11.5 Å². The lowest BCUT2D eigenvalue weighted by atomic mass is 10.1. The third-order valence-electron chi connectivity index (χ3n) is 2.74. The molecular weight excluding hydrogens is 272 g/mol. The molecule has 0 saturated carbocycles. The van der Waals surface area contributed by atoms with Crippen molar-refractivity contribution in [2.24, 2.45) is 21.8 Å². The largest absolute Gasteiger partial charge is 0.457 e. The van der Waals surface area contributed by atoms with Crippen LogP contribution in [0.3, 0.4) is 0 Å². The molecule has 0 aliphatic heterocycles. The number of amidine groups is 2. The molecule has 0 aliphatic carbocycles. The molecule has 0 saturated heterocycles. The van der Waals surface area contributed by atoms with Crippen LogP contribution < -0.4 is 16.2 Å². The Kier molecular flexibility index (Phi) is 4.25. The molecule has 0 amide bonds. The van der Waals surface area contributed by atoms with Crippen molar-refractivity contribution >= 4 is 11.7 Å². The highest BCUT2D eigenvalue weighted by Crippen LogP contribution is 2.24. The molecule has 21 heavy (non-hydrogen) atoms. The number of hydrogen-bond donors (Lipinski definition) is 4. The molecule has 0 spiro atoms. The summed E-state index contributed by atoms with van der Waals surface area (Å²) in [6, 6.07) is 13.9. The Bertz CT molecular complexity index is 684. The maximum absolute atomic E-state index is 8.83. The van der Waals surface area contributed by atoms with Crippen molar-refractivity contribution in [2.75, 3.05) is 0 Å². The van der Waals surface area contributed by atoms with E-state index < -0.39 is 0 Å². The lowest BCUT2D eigenvalue weighted by Gasteiger charge is -2.11. The minimum atomic E-state index is -0.171. The zero-order valence-corrected chi connectivity index (χ0v) is 11.0. The first-order chi connectivity index (χ1) is 10.2. The van der Waals surface area contributed by atoms with Gasteiger partial charge < -0.3 is 26.6 Å². The SMILES string of the molecule is NC(=NO)c1ccc(Oc2ccccc2)cc1C(N)=NO. The molecule has 0 fully saturated rings. The average Bonchev–Trinajstić information content (AvgIpc) is 2.54. The minimum Gasteiger partial charge on any atom is -0.457 e. The molecule has 0 radical (unpaired) electrons. The first-order valence-electron chi connectivity index (χ1n) is 5.98. The number of nitrogens with two attached hydrogens (primary N) is 2. The predicted octanol–water partition coefficient (Wildman–Crippen LogP) is 1.67. The fraction of sp³-hybridized carbons (Fsp3) is 0.